The van der Waals surface area contributed by atoms with Crippen molar-refractivity contribution < 1.29 is 4.74 Å². The number of ether oxygens (including phenoxy) is 1. The topological polar surface area (TPSA) is 35.2 Å². The summed E-state index contributed by atoms with van der Waals surface area (Å²) < 4.78 is 5.02. The van der Waals surface area contributed by atoms with Gasteiger partial charge in [0.25, 0.3) is 0 Å². The highest BCUT2D eigenvalue weighted by atomic mass is 16.5. The van der Waals surface area contributed by atoms with E-state index in [0.29, 0.717) is 6.42 Å². The highest BCUT2D eigenvalue weighted by Crippen LogP contribution is 1.97. The van der Waals surface area contributed by atoms with Crippen molar-refractivity contribution in [3.63, 3.8) is 0 Å². The van der Waals surface area contributed by atoms with Gasteiger partial charge in [0, 0.05) is 19.6 Å². The van der Waals surface area contributed by atoms with Crippen molar-refractivity contribution >= 4 is 0 Å². The molecule has 2 nitrogen and oxygen atoms in total. The highest BCUT2D eigenvalue weighted by molar-refractivity contribution is 4.98. The maximum absolute atomic E-state index is 5.69. The Labute approximate surface area is 62.7 Å². The SMILES string of the molecule is CC#CCC(N)C(C)OC. The van der Waals surface area contributed by atoms with Crippen LogP contribution in [0.3, 0.4) is 0 Å². The molecule has 0 aromatic heterocycles. The molecule has 2 atom stereocenters. The Bertz CT molecular complexity index is 134. The van der Waals surface area contributed by atoms with E-state index in [1.165, 1.54) is 0 Å². The molecule has 2 N–H and O–H groups in total. The van der Waals surface area contributed by atoms with Crippen molar-refractivity contribution in [1.29, 1.82) is 0 Å². The molecule has 0 bridgehead atoms. The summed E-state index contributed by atoms with van der Waals surface area (Å²) in [5.74, 6) is 5.70. The Hall–Kier alpha value is -0.520. The van der Waals surface area contributed by atoms with E-state index in [4.69, 9.17) is 10.5 Å². The van der Waals surface area contributed by atoms with E-state index in [1.807, 2.05) is 13.8 Å². The molecule has 0 saturated carbocycles. The molecule has 0 amide bonds. The minimum atomic E-state index is 0.0393. The van der Waals surface area contributed by atoms with Crippen LogP contribution in [0.4, 0.5) is 0 Å². The molecule has 2 unspecified atom stereocenters. The van der Waals surface area contributed by atoms with Crippen LogP contribution in [0.5, 0.6) is 0 Å². The summed E-state index contributed by atoms with van der Waals surface area (Å²) in [6.45, 7) is 3.76. The van der Waals surface area contributed by atoms with Crippen LogP contribution in [0.2, 0.25) is 0 Å². The Kier molecular flexibility index (Phi) is 5.00. The van der Waals surface area contributed by atoms with Gasteiger partial charge >= 0.3 is 0 Å². The standard InChI is InChI=1S/C8H15NO/c1-4-5-6-8(9)7(2)10-3/h7-8H,6,9H2,1-3H3. The molecular weight excluding hydrogens is 126 g/mol. The van der Waals surface area contributed by atoms with Gasteiger partial charge in [-0.3, -0.25) is 0 Å². The van der Waals surface area contributed by atoms with Crippen molar-refractivity contribution in [3.05, 3.63) is 0 Å². The molecule has 0 aromatic carbocycles. The average Bonchev–Trinajstić information content (AvgIpc) is 1.98. The lowest BCUT2D eigenvalue weighted by atomic mass is 10.1. The summed E-state index contributed by atoms with van der Waals surface area (Å²) in [7, 11) is 1.66. The zero-order valence-corrected chi connectivity index (χ0v) is 6.85. The predicted octanol–water partition coefficient (Wildman–Crippen LogP) is 0.762. The highest BCUT2D eigenvalue weighted by Gasteiger charge is 2.08. The molecule has 0 heterocycles. The van der Waals surface area contributed by atoms with E-state index in [1.54, 1.807) is 7.11 Å². The molecule has 0 spiro atoms. The smallest absolute Gasteiger partial charge is 0.0703 e. The minimum Gasteiger partial charge on any atom is -0.380 e. The number of methoxy groups -OCH3 is 1. The van der Waals surface area contributed by atoms with Gasteiger partial charge in [-0.2, -0.15) is 0 Å². The van der Waals surface area contributed by atoms with Gasteiger partial charge in [-0.05, 0) is 13.8 Å². The summed E-state index contributed by atoms with van der Waals surface area (Å²) in [6, 6.07) is 0.0393. The van der Waals surface area contributed by atoms with Gasteiger partial charge in [0.1, 0.15) is 0 Å². The lowest BCUT2D eigenvalue weighted by Crippen LogP contribution is -2.33. The number of rotatable bonds is 3. The molecule has 0 fully saturated rings. The molecule has 58 valence electrons. The van der Waals surface area contributed by atoms with E-state index in [0.717, 1.165) is 0 Å². The van der Waals surface area contributed by atoms with Crippen molar-refractivity contribution in [1.82, 2.24) is 0 Å². The van der Waals surface area contributed by atoms with Gasteiger partial charge in [-0.1, -0.05) is 0 Å². The molecular formula is C8H15NO. The van der Waals surface area contributed by atoms with Crippen LogP contribution in [0.1, 0.15) is 20.3 Å². The summed E-state index contributed by atoms with van der Waals surface area (Å²) >= 11 is 0. The lowest BCUT2D eigenvalue weighted by Gasteiger charge is -2.14. The third kappa shape index (κ3) is 3.49. The molecule has 0 aromatic rings. The van der Waals surface area contributed by atoms with Gasteiger partial charge in [0.2, 0.25) is 0 Å². The summed E-state index contributed by atoms with van der Waals surface area (Å²) in [6.07, 6.45) is 0.812. The first-order chi connectivity index (χ1) is 4.72. The third-order valence-electron chi connectivity index (χ3n) is 1.49. The van der Waals surface area contributed by atoms with Gasteiger partial charge in [0.15, 0.2) is 0 Å². The monoisotopic (exact) mass is 141 g/mol. The first-order valence-electron chi connectivity index (χ1n) is 3.40. The van der Waals surface area contributed by atoms with Crippen LogP contribution in [0.25, 0.3) is 0 Å². The van der Waals surface area contributed by atoms with Crippen LogP contribution in [-0.2, 0) is 4.74 Å². The fourth-order valence-corrected chi connectivity index (χ4v) is 0.561. The van der Waals surface area contributed by atoms with Gasteiger partial charge < -0.3 is 10.5 Å². The number of nitrogens with two attached hydrogens (primary N) is 1. The molecule has 0 saturated heterocycles. The zero-order valence-electron chi connectivity index (χ0n) is 6.85. The fourth-order valence-electron chi connectivity index (χ4n) is 0.561. The molecule has 10 heavy (non-hydrogen) atoms. The third-order valence-corrected chi connectivity index (χ3v) is 1.49. The Balaban J connectivity index is 3.57. The van der Waals surface area contributed by atoms with Crippen LogP contribution >= 0.6 is 0 Å². The molecule has 2 heteroatoms. The van der Waals surface area contributed by atoms with Gasteiger partial charge in [0.05, 0.1) is 6.10 Å². The summed E-state index contributed by atoms with van der Waals surface area (Å²) in [5, 5.41) is 0. The predicted molar refractivity (Wildman–Crippen MR) is 42.5 cm³/mol. The average molecular weight is 141 g/mol. The first kappa shape index (κ1) is 9.48. The fraction of sp³-hybridized carbons (Fsp3) is 0.750. The second-order valence-corrected chi connectivity index (χ2v) is 2.24. The maximum Gasteiger partial charge on any atom is 0.0703 e. The van der Waals surface area contributed by atoms with Crippen LogP contribution in [0, 0.1) is 11.8 Å². The first-order valence-corrected chi connectivity index (χ1v) is 3.40. The summed E-state index contributed by atoms with van der Waals surface area (Å²) in [4.78, 5) is 0. The number of hydrogen-bond acceptors (Lipinski definition) is 2. The second-order valence-electron chi connectivity index (χ2n) is 2.24. The van der Waals surface area contributed by atoms with Crippen molar-refractivity contribution in [2.75, 3.05) is 7.11 Å². The normalized spacial score (nSPS) is 15.2. The van der Waals surface area contributed by atoms with Crippen molar-refractivity contribution in [2.24, 2.45) is 5.73 Å². The van der Waals surface area contributed by atoms with E-state index >= 15 is 0 Å². The van der Waals surface area contributed by atoms with Crippen molar-refractivity contribution in [3.8, 4) is 11.8 Å². The molecule has 0 aliphatic carbocycles. The van der Waals surface area contributed by atoms with Crippen LogP contribution in [-0.4, -0.2) is 19.3 Å². The Morgan fingerprint density at radius 2 is 2.20 bits per heavy atom. The lowest BCUT2D eigenvalue weighted by molar-refractivity contribution is 0.0969. The zero-order chi connectivity index (χ0) is 7.98. The van der Waals surface area contributed by atoms with Crippen LogP contribution < -0.4 is 5.73 Å². The second kappa shape index (κ2) is 5.28. The van der Waals surface area contributed by atoms with E-state index in [-0.39, 0.29) is 12.1 Å². The number of hydrogen-bond donors (Lipinski definition) is 1. The van der Waals surface area contributed by atoms with Crippen LogP contribution in [0.15, 0.2) is 0 Å². The van der Waals surface area contributed by atoms with E-state index in [2.05, 4.69) is 11.8 Å². The Morgan fingerprint density at radius 1 is 1.60 bits per heavy atom. The molecule has 0 rings (SSSR count). The molecule has 0 aliphatic rings. The summed E-state index contributed by atoms with van der Waals surface area (Å²) in [5.41, 5.74) is 5.69. The van der Waals surface area contributed by atoms with Gasteiger partial charge in [-0.25, -0.2) is 0 Å². The minimum absolute atomic E-state index is 0.0393. The largest absolute Gasteiger partial charge is 0.380 e. The Morgan fingerprint density at radius 3 is 2.60 bits per heavy atom. The maximum atomic E-state index is 5.69. The van der Waals surface area contributed by atoms with E-state index < -0.39 is 0 Å². The molecule has 0 aliphatic heterocycles. The van der Waals surface area contributed by atoms with Gasteiger partial charge in [-0.15, -0.1) is 11.8 Å². The van der Waals surface area contributed by atoms with Crippen molar-refractivity contribution in [2.45, 2.75) is 32.4 Å². The quantitative estimate of drug-likeness (QED) is 0.589. The molecule has 0 radical (unpaired) electrons. The van der Waals surface area contributed by atoms with E-state index in [9.17, 15) is 0 Å².